The second-order valence-electron chi connectivity index (χ2n) is 2.83. The van der Waals surface area contributed by atoms with E-state index in [1.165, 1.54) is 0 Å². The van der Waals surface area contributed by atoms with Gasteiger partial charge in [-0.25, -0.2) is 0 Å². The molecule has 0 bridgehead atoms. The number of hydrogen-bond acceptors (Lipinski definition) is 3. The van der Waals surface area contributed by atoms with Crippen molar-refractivity contribution in [3.8, 4) is 11.3 Å². The molecule has 4 heteroatoms. The van der Waals surface area contributed by atoms with Gasteiger partial charge in [0, 0.05) is 5.56 Å². The zero-order chi connectivity index (χ0) is 11.8. The molecular formula is C12H13FN2S. The first-order chi connectivity index (χ1) is 7.90. The van der Waals surface area contributed by atoms with Gasteiger partial charge in [-0.1, -0.05) is 30.3 Å². The van der Waals surface area contributed by atoms with Crippen LogP contribution in [0.2, 0.25) is 0 Å². The van der Waals surface area contributed by atoms with Crippen LogP contribution in [0.3, 0.4) is 0 Å². The Labute approximate surface area is 98.9 Å². The van der Waals surface area contributed by atoms with Gasteiger partial charge in [-0.05, 0) is 18.4 Å². The second-order valence-corrected chi connectivity index (χ2v) is 3.65. The molecule has 2 aromatic rings. The molecular weight excluding hydrogens is 223 g/mol. The first-order valence-corrected chi connectivity index (χ1v) is 5.93. The van der Waals surface area contributed by atoms with Crippen LogP contribution in [0.15, 0.2) is 47.5 Å². The van der Waals surface area contributed by atoms with E-state index < -0.39 is 0 Å². The van der Waals surface area contributed by atoms with Crippen LogP contribution in [0.1, 0.15) is 0 Å². The van der Waals surface area contributed by atoms with Crippen LogP contribution >= 0.6 is 11.8 Å². The van der Waals surface area contributed by atoms with Crippen molar-refractivity contribution in [3.05, 3.63) is 42.5 Å². The highest BCUT2D eigenvalue weighted by atomic mass is 32.2. The number of rotatable bonds is 2. The van der Waals surface area contributed by atoms with Crippen molar-refractivity contribution < 1.29 is 4.39 Å². The van der Waals surface area contributed by atoms with Gasteiger partial charge in [-0.15, -0.1) is 22.0 Å². The summed E-state index contributed by atoms with van der Waals surface area (Å²) in [5, 5.41) is 9.18. The third-order valence-electron chi connectivity index (χ3n) is 1.92. The molecule has 84 valence electrons. The molecule has 2 rings (SSSR count). The molecule has 0 unspecified atom stereocenters. The Kier molecular flexibility index (Phi) is 5.50. The zero-order valence-corrected chi connectivity index (χ0v) is 10.0. The van der Waals surface area contributed by atoms with Gasteiger partial charge in [0.15, 0.2) is 0 Å². The minimum absolute atomic E-state index is 0.500. The number of halogens is 1. The maximum absolute atomic E-state index is 9.50. The molecule has 0 aliphatic rings. The standard InChI is InChI=1S/C11H10N2S.CH3F/c1-14-11-8-7-10(12-13-11)9-5-3-2-4-6-9;1-2/h2-8H,1H3;1H3. The minimum atomic E-state index is 0.500. The lowest BCUT2D eigenvalue weighted by molar-refractivity contribution is 0.636. The second kappa shape index (κ2) is 6.95. The third kappa shape index (κ3) is 3.31. The quantitative estimate of drug-likeness (QED) is 0.747. The predicted molar refractivity (Wildman–Crippen MR) is 66.3 cm³/mol. The van der Waals surface area contributed by atoms with Crippen molar-refractivity contribution in [2.24, 2.45) is 0 Å². The molecule has 0 atom stereocenters. The lowest BCUT2D eigenvalue weighted by Gasteiger charge is -1.99. The molecule has 2 nitrogen and oxygen atoms in total. The third-order valence-corrected chi connectivity index (χ3v) is 2.55. The number of hydrogen-bond donors (Lipinski definition) is 0. The number of alkyl halides is 1. The molecule has 0 aliphatic heterocycles. The fraction of sp³-hybridized carbons (Fsp3) is 0.167. The van der Waals surface area contributed by atoms with E-state index in [4.69, 9.17) is 0 Å². The summed E-state index contributed by atoms with van der Waals surface area (Å²) in [6.45, 7) is 0. The van der Waals surface area contributed by atoms with Crippen LogP contribution in [-0.4, -0.2) is 23.6 Å². The summed E-state index contributed by atoms with van der Waals surface area (Å²) >= 11 is 1.60. The summed E-state index contributed by atoms with van der Waals surface area (Å²) in [6, 6.07) is 14.0. The number of nitrogens with zero attached hydrogens (tertiary/aromatic N) is 2. The van der Waals surface area contributed by atoms with Crippen molar-refractivity contribution >= 4 is 11.8 Å². The predicted octanol–water partition coefficient (Wildman–Crippen LogP) is 3.45. The molecule has 0 N–H and O–H groups in total. The highest BCUT2D eigenvalue weighted by molar-refractivity contribution is 7.98. The van der Waals surface area contributed by atoms with Gasteiger partial charge in [0.25, 0.3) is 0 Å². The van der Waals surface area contributed by atoms with Crippen molar-refractivity contribution in [1.82, 2.24) is 10.2 Å². The van der Waals surface area contributed by atoms with Gasteiger partial charge < -0.3 is 0 Å². The largest absolute Gasteiger partial charge is 0.255 e. The SMILES string of the molecule is CF.CSc1ccc(-c2ccccc2)nn1. The normalized spacial score (nSPS) is 9.19. The monoisotopic (exact) mass is 236 g/mol. The maximum Gasteiger partial charge on any atom is 0.119 e. The van der Waals surface area contributed by atoms with Crippen LogP contribution in [-0.2, 0) is 0 Å². The van der Waals surface area contributed by atoms with Crippen molar-refractivity contribution in [1.29, 1.82) is 0 Å². The van der Waals surface area contributed by atoms with E-state index in [1.54, 1.807) is 11.8 Å². The van der Waals surface area contributed by atoms with Crippen LogP contribution in [0.5, 0.6) is 0 Å². The number of thioether (sulfide) groups is 1. The van der Waals surface area contributed by atoms with Gasteiger partial charge in [-0.3, -0.25) is 4.39 Å². The van der Waals surface area contributed by atoms with E-state index in [2.05, 4.69) is 10.2 Å². The fourth-order valence-corrected chi connectivity index (χ4v) is 1.52. The molecule has 0 amide bonds. The molecule has 1 aromatic carbocycles. The Morgan fingerprint density at radius 3 is 2.12 bits per heavy atom. The Bertz CT molecular complexity index is 403. The molecule has 0 fully saturated rings. The Morgan fingerprint density at radius 1 is 0.938 bits per heavy atom. The molecule has 0 spiro atoms. The average molecular weight is 236 g/mol. The van der Waals surface area contributed by atoms with Crippen molar-refractivity contribution in [3.63, 3.8) is 0 Å². The van der Waals surface area contributed by atoms with Crippen molar-refractivity contribution in [2.45, 2.75) is 5.03 Å². The van der Waals surface area contributed by atoms with E-state index in [1.807, 2.05) is 48.7 Å². The van der Waals surface area contributed by atoms with Crippen LogP contribution in [0.4, 0.5) is 4.39 Å². The summed E-state index contributed by atoms with van der Waals surface area (Å²) in [4.78, 5) is 0. The summed E-state index contributed by atoms with van der Waals surface area (Å²) < 4.78 is 9.50. The Morgan fingerprint density at radius 2 is 1.62 bits per heavy atom. The van der Waals surface area contributed by atoms with E-state index in [-0.39, 0.29) is 0 Å². The lowest BCUT2D eigenvalue weighted by atomic mass is 10.1. The summed E-state index contributed by atoms with van der Waals surface area (Å²) in [5.74, 6) is 0. The highest BCUT2D eigenvalue weighted by Crippen LogP contribution is 2.17. The molecule has 0 radical (unpaired) electrons. The maximum atomic E-state index is 9.50. The molecule has 1 aromatic heterocycles. The van der Waals surface area contributed by atoms with Gasteiger partial charge in [0.2, 0.25) is 0 Å². The Hall–Kier alpha value is -1.42. The summed E-state index contributed by atoms with van der Waals surface area (Å²) in [7, 11) is 0.500. The molecule has 1 heterocycles. The minimum Gasteiger partial charge on any atom is -0.255 e. The van der Waals surface area contributed by atoms with Gasteiger partial charge >= 0.3 is 0 Å². The molecule has 0 saturated heterocycles. The topological polar surface area (TPSA) is 25.8 Å². The van der Waals surface area contributed by atoms with E-state index in [9.17, 15) is 4.39 Å². The van der Waals surface area contributed by atoms with E-state index >= 15 is 0 Å². The van der Waals surface area contributed by atoms with Gasteiger partial charge in [0.05, 0.1) is 12.9 Å². The summed E-state index contributed by atoms with van der Waals surface area (Å²) in [5.41, 5.74) is 2.02. The van der Waals surface area contributed by atoms with E-state index in [0.717, 1.165) is 16.3 Å². The number of benzene rings is 1. The van der Waals surface area contributed by atoms with Gasteiger partial charge in [-0.2, -0.15) is 0 Å². The summed E-state index contributed by atoms with van der Waals surface area (Å²) in [6.07, 6.45) is 1.99. The van der Waals surface area contributed by atoms with Gasteiger partial charge in [0.1, 0.15) is 5.03 Å². The first-order valence-electron chi connectivity index (χ1n) is 4.71. The van der Waals surface area contributed by atoms with E-state index in [0.29, 0.717) is 7.18 Å². The van der Waals surface area contributed by atoms with Crippen LogP contribution in [0, 0.1) is 0 Å². The first kappa shape index (κ1) is 12.6. The molecule has 16 heavy (non-hydrogen) atoms. The molecule has 0 aliphatic carbocycles. The fourth-order valence-electron chi connectivity index (χ4n) is 1.19. The van der Waals surface area contributed by atoms with Crippen LogP contribution in [0.25, 0.3) is 11.3 Å². The molecule has 0 saturated carbocycles. The van der Waals surface area contributed by atoms with Crippen LogP contribution < -0.4 is 0 Å². The lowest BCUT2D eigenvalue weighted by Crippen LogP contribution is -1.88. The smallest absolute Gasteiger partial charge is 0.119 e. The average Bonchev–Trinajstić information content (AvgIpc) is 2.42. The Balaban J connectivity index is 0.000000606. The van der Waals surface area contributed by atoms with Crippen molar-refractivity contribution in [2.75, 3.05) is 13.4 Å². The highest BCUT2D eigenvalue weighted by Gasteiger charge is 1.98. The zero-order valence-electron chi connectivity index (χ0n) is 9.22. The number of aromatic nitrogens is 2.